The Morgan fingerprint density at radius 3 is 2.55 bits per heavy atom. The van der Waals surface area contributed by atoms with Crippen LogP contribution in [-0.4, -0.2) is 41.5 Å². The van der Waals surface area contributed by atoms with E-state index in [1.807, 2.05) is 24.3 Å². The normalized spacial score (nSPS) is 13.0. The van der Waals surface area contributed by atoms with Gasteiger partial charge in [-0.25, -0.2) is 9.97 Å². The van der Waals surface area contributed by atoms with Crippen LogP contribution in [-0.2, 0) is 19.5 Å². The molecule has 3 aromatic rings. The average molecular weight is 394 g/mol. The molecule has 0 saturated heterocycles. The Hall–Kier alpha value is -3.55. The lowest BCUT2D eigenvalue weighted by molar-refractivity contribution is 0.0733. The number of fused-ring (bicyclic) bond motifs is 1. The predicted octanol–water partition coefficient (Wildman–Crippen LogP) is 2.90. The fourth-order valence-corrected chi connectivity index (χ4v) is 3.35. The number of ether oxygens (including phenoxy) is 2. The summed E-state index contributed by atoms with van der Waals surface area (Å²) in [5, 5.41) is 3.06. The molecule has 29 heavy (non-hydrogen) atoms. The third-order valence-corrected chi connectivity index (χ3v) is 4.90. The van der Waals surface area contributed by atoms with Crippen molar-refractivity contribution in [2.75, 3.05) is 26.1 Å². The van der Waals surface area contributed by atoms with E-state index in [4.69, 9.17) is 13.9 Å². The van der Waals surface area contributed by atoms with Crippen molar-refractivity contribution in [3.05, 3.63) is 65.4 Å². The third kappa shape index (κ3) is 4.01. The maximum Gasteiger partial charge on any atom is 0.257 e. The Morgan fingerprint density at radius 2 is 1.90 bits per heavy atom. The number of hydrogen-bond donors (Lipinski definition) is 1. The molecule has 150 valence electrons. The standard InChI is InChI=1S/C21H22N4O4/c1-27-18-8-14-5-6-25(13-15(14)9-19(18)28-2)20(26)16-10-22-21(23-11-16)24-12-17-4-3-7-29-17/h3-4,7-11H,5-6,12-13H2,1-2H3,(H,22,23,24). The van der Waals surface area contributed by atoms with E-state index in [-0.39, 0.29) is 5.91 Å². The van der Waals surface area contributed by atoms with Gasteiger partial charge in [-0.15, -0.1) is 0 Å². The quantitative estimate of drug-likeness (QED) is 0.687. The number of rotatable bonds is 6. The molecule has 0 atom stereocenters. The molecular formula is C21H22N4O4. The van der Waals surface area contributed by atoms with Crippen molar-refractivity contribution < 1.29 is 18.7 Å². The van der Waals surface area contributed by atoms with Gasteiger partial charge in [-0.3, -0.25) is 4.79 Å². The minimum Gasteiger partial charge on any atom is -0.493 e. The average Bonchev–Trinajstić information content (AvgIpc) is 3.30. The summed E-state index contributed by atoms with van der Waals surface area (Å²) in [6, 6.07) is 7.61. The second kappa shape index (κ2) is 8.22. The highest BCUT2D eigenvalue weighted by atomic mass is 16.5. The smallest absolute Gasteiger partial charge is 0.257 e. The van der Waals surface area contributed by atoms with Crippen molar-refractivity contribution in [2.45, 2.75) is 19.5 Å². The molecule has 0 aliphatic carbocycles. The van der Waals surface area contributed by atoms with Gasteiger partial charge in [0.05, 0.1) is 32.6 Å². The number of furan rings is 1. The van der Waals surface area contributed by atoms with Gasteiger partial charge >= 0.3 is 0 Å². The van der Waals surface area contributed by atoms with E-state index in [2.05, 4.69) is 15.3 Å². The number of amides is 1. The molecule has 8 heteroatoms. The molecule has 0 radical (unpaired) electrons. The Kier molecular flexibility index (Phi) is 5.33. The van der Waals surface area contributed by atoms with Gasteiger partial charge in [-0.05, 0) is 41.8 Å². The fraction of sp³-hybridized carbons (Fsp3) is 0.286. The number of carbonyl (C=O) groups is 1. The Bertz CT molecular complexity index is 987. The van der Waals surface area contributed by atoms with Crippen LogP contribution in [0, 0.1) is 0 Å². The lowest BCUT2D eigenvalue weighted by Gasteiger charge is -2.29. The van der Waals surface area contributed by atoms with E-state index in [1.165, 1.54) is 5.56 Å². The van der Waals surface area contributed by atoms with Crippen molar-refractivity contribution >= 4 is 11.9 Å². The molecule has 0 unspecified atom stereocenters. The van der Waals surface area contributed by atoms with E-state index in [0.717, 1.165) is 17.7 Å². The van der Waals surface area contributed by atoms with Crippen LogP contribution < -0.4 is 14.8 Å². The number of benzene rings is 1. The molecule has 3 heterocycles. The zero-order valence-corrected chi connectivity index (χ0v) is 16.3. The monoisotopic (exact) mass is 394 g/mol. The van der Waals surface area contributed by atoms with Crippen LogP contribution in [0.25, 0.3) is 0 Å². The first-order valence-corrected chi connectivity index (χ1v) is 9.29. The maximum absolute atomic E-state index is 12.9. The van der Waals surface area contributed by atoms with Gasteiger partial charge in [0.2, 0.25) is 5.95 Å². The molecule has 2 aromatic heterocycles. The molecule has 0 spiro atoms. The topological polar surface area (TPSA) is 89.7 Å². The second-order valence-electron chi connectivity index (χ2n) is 6.68. The summed E-state index contributed by atoms with van der Waals surface area (Å²) in [6.45, 7) is 1.61. The molecule has 4 rings (SSSR count). The first-order valence-electron chi connectivity index (χ1n) is 9.29. The van der Waals surface area contributed by atoms with Crippen molar-refractivity contribution in [2.24, 2.45) is 0 Å². The van der Waals surface area contributed by atoms with E-state index in [1.54, 1.807) is 37.8 Å². The number of methoxy groups -OCH3 is 2. The van der Waals surface area contributed by atoms with Crippen LogP contribution in [0.3, 0.4) is 0 Å². The summed E-state index contributed by atoms with van der Waals surface area (Å²) in [5.74, 6) is 2.50. The molecule has 1 aromatic carbocycles. The lowest BCUT2D eigenvalue weighted by atomic mass is 9.98. The summed E-state index contributed by atoms with van der Waals surface area (Å²) < 4.78 is 16.0. The summed E-state index contributed by atoms with van der Waals surface area (Å²) in [4.78, 5) is 23.2. The summed E-state index contributed by atoms with van der Waals surface area (Å²) in [7, 11) is 3.23. The van der Waals surface area contributed by atoms with Gasteiger partial charge in [0, 0.05) is 25.5 Å². The Morgan fingerprint density at radius 1 is 1.17 bits per heavy atom. The molecule has 8 nitrogen and oxygen atoms in total. The molecule has 0 bridgehead atoms. The second-order valence-corrected chi connectivity index (χ2v) is 6.68. The molecule has 1 amide bonds. The van der Waals surface area contributed by atoms with Gasteiger partial charge in [-0.2, -0.15) is 0 Å². The third-order valence-electron chi connectivity index (χ3n) is 4.90. The number of nitrogens with zero attached hydrogens (tertiary/aromatic N) is 3. The molecule has 1 aliphatic rings. The van der Waals surface area contributed by atoms with Gasteiger partial charge in [0.15, 0.2) is 11.5 Å². The maximum atomic E-state index is 12.9. The summed E-state index contributed by atoms with van der Waals surface area (Å²) in [6.07, 6.45) is 5.46. The number of carbonyl (C=O) groups excluding carboxylic acids is 1. The van der Waals surface area contributed by atoms with Crippen LogP contribution >= 0.6 is 0 Å². The van der Waals surface area contributed by atoms with E-state index >= 15 is 0 Å². The largest absolute Gasteiger partial charge is 0.493 e. The van der Waals surface area contributed by atoms with Crippen molar-refractivity contribution in [1.82, 2.24) is 14.9 Å². The fourth-order valence-electron chi connectivity index (χ4n) is 3.35. The van der Waals surface area contributed by atoms with Crippen LogP contribution in [0.1, 0.15) is 27.2 Å². The van der Waals surface area contributed by atoms with Gasteiger partial charge < -0.3 is 24.1 Å². The van der Waals surface area contributed by atoms with Crippen LogP contribution in [0.4, 0.5) is 5.95 Å². The van der Waals surface area contributed by atoms with Crippen LogP contribution in [0.2, 0.25) is 0 Å². The summed E-state index contributed by atoms with van der Waals surface area (Å²) in [5.41, 5.74) is 2.68. The molecule has 1 aliphatic heterocycles. The van der Waals surface area contributed by atoms with Crippen LogP contribution in [0.15, 0.2) is 47.3 Å². The molecule has 0 fully saturated rings. The molecule has 1 N–H and O–H groups in total. The first-order chi connectivity index (χ1) is 14.2. The van der Waals surface area contributed by atoms with Crippen molar-refractivity contribution in [3.8, 4) is 11.5 Å². The van der Waals surface area contributed by atoms with Gasteiger partial charge in [0.1, 0.15) is 5.76 Å². The van der Waals surface area contributed by atoms with E-state index in [0.29, 0.717) is 42.6 Å². The van der Waals surface area contributed by atoms with E-state index < -0.39 is 0 Å². The van der Waals surface area contributed by atoms with Gasteiger partial charge in [-0.1, -0.05) is 0 Å². The van der Waals surface area contributed by atoms with Crippen LogP contribution in [0.5, 0.6) is 11.5 Å². The minimum absolute atomic E-state index is 0.0944. The number of aromatic nitrogens is 2. The predicted molar refractivity (Wildman–Crippen MR) is 106 cm³/mol. The minimum atomic E-state index is -0.0944. The van der Waals surface area contributed by atoms with E-state index in [9.17, 15) is 4.79 Å². The first kappa shape index (κ1) is 18.8. The highest BCUT2D eigenvalue weighted by Gasteiger charge is 2.24. The molecule has 0 saturated carbocycles. The SMILES string of the molecule is COc1cc2c(cc1OC)CN(C(=O)c1cnc(NCc3ccco3)nc1)CC2. The number of nitrogens with one attached hydrogen (secondary N) is 1. The van der Waals surface area contributed by atoms with Crippen molar-refractivity contribution in [1.29, 1.82) is 0 Å². The zero-order chi connectivity index (χ0) is 20.2. The highest BCUT2D eigenvalue weighted by molar-refractivity contribution is 5.93. The lowest BCUT2D eigenvalue weighted by Crippen LogP contribution is -2.36. The number of anilines is 1. The Balaban J connectivity index is 1.43. The number of hydrogen-bond acceptors (Lipinski definition) is 7. The summed E-state index contributed by atoms with van der Waals surface area (Å²) >= 11 is 0. The highest BCUT2D eigenvalue weighted by Crippen LogP contribution is 2.33. The van der Waals surface area contributed by atoms with Crippen molar-refractivity contribution in [3.63, 3.8) is 0 Å². The molecular weight excluding hydrogens is 372 g/mol. The Labute approximate surface area is 168 Å². The van der Waals surface area contributed by atoms with Gasteiger partial charge in [0.25, 0.3) is 5.91 Å². The zero-order valence-electron chi connectivity index (χ0n) is 16.3.